The number of nitrogens with zero attached hydrogens (tertiary/aromatic N) is 2. The number of benzene rings is 2. The van der Waals surface area contributed by atoms with Gasteiger partial charge in [0, 0.05) is 48.7 Å². The molecule has 0 spiro atoms. The Morgan fingerprint density at radius 3 is 1.27 bits per heavy atom. The van der Waals surface area contributed by atoms with Crippen LogP contribution in [0.5, 0.6) is 0 Å². The summed E-state index contributed by atoms with van der Waals surface area (Å²) in [4.78, 5) is 12.2. The van der Waals surface area contributed by atoms with Crippen LogP contribution in [0.1, 0.15) is 24.0 Å². The minimum atomic E-state index is -4.25. The lowest BCUT2D eigenvalue weighted by Crippen LogP contribution is -2.30. The zero-order valence-electron chi connectivity index (χ0n) is 19.6. The summed E-state index contributed by atoms with van der Waals surface area (Å²) in [6.07, 6.45) is 2.06. The molecule has 2 heterocycles. The monoisotopic (exact) mass is 558 g/mol. The highest BCUT2D eigenvalue weighted by atomic mass is 32.2. The van der Waals surface area contributed by atoms with Crippen LogP contribution in [0.4, 0.5) is 11.4 Å². The summed E-state index contributed by atoms with van der Waals surface area (Å²) in [5, 5.41) is 6.38. The Morgan fingerprint density at radius 2 is 1.00 bits per heavy atom. The lowest BCUT2D eigenvalue weighted by molar-refractivity contribution is 0.471. The lowest BCUT2D eigenvalue weighted by Gasteiger charge is -2.15. The van der Waals surface area contributed by atoms with Gasteiger partial charge in [0.15, 0.2) is 0 Å². The van der Waals surface area contributed by atoms with Crippen LogP contribution in [0.15, 0.2) is 58.5 Å². The Kier molecular flexibility index (Phi) is 11.2. The molecule has 15 nitrogen and oxygen atoms in total. The molecule has 0 unspecified atom stereocenters. The van der Waals surface area contributed by atoms with Gasteiger partial charge in [-0.15, -0.1) is 9.66 Å². The Labute approximate surface area is 214 Å². The van der Waals surface area contributed by atoms with E-state index in [-0.39, 0.29) is 5.48 Å². The van der Waals surface area contributed by atoms with Gasteiger partial charge in [-0.2, -0.15) is 16.8 Å². The first-order chi connectivity index (χ1) is 17.1. The summed E-state index contributed by atoms with van der Waals surface area (Å²) in [6, 6.07) is 14.0. The van der Waals surface area contributed by atoms with Crippen molar-refractivity contribution in [1.29, 1.82) is 0 Å². The highest BCUT2D eigenvalue weighted by molar-refractivity contribution is 7.84. The Bertz CT molecular complexity index is 1180. The van der Waals surface area contributed by atoms with Crippen LogP contribution in [0, 0.1) is 0 Å². The Hall–Kier alpha value is -3.32. The van der Waals surface area contributed by atoms with E-state index < -0.39 is 20.6 Å². The first-order valence-corrected chi connectivity index (χ1v) is 13.7. The molecule has 0 aliphatic carbocycles. The molecular weight excluding hydrogens is 528 g/mol. The third-order valence-corrected chi connectivity index (χ3v) is 5.48. The van der Waals surface area contributed by atoms with Crippen LogP contribution < -0.4 is 31.1 Å². The van der Waals surface area contributed by atoms with E-state index in [0.717, 1.165) is 61.8 Å². The van der Waals surface area contributed by atoms with Gasteiger partial charge in [0.2, 0.25) is 0 Å². The first-order valence-electron chi connectivity index (χ1n) is 10.9. The Morgan fingerprint density at radius 1 is 0.649 bits per heavy atom. The van der Waals surface area contributed by atoms with Crippen LogP contribution in [0.3, 0.4) is 0 Å². The van der Waals surface area contributed by atoms with Gasteiger partial charge in [-0.3, -0.25) is 19.1 Å². The summed E-state index contributed by atoms with van der Waals surface area (Å²) in [5.41, 5.74) is 7.65. The van der Waals surface area contributed by atoms with Crippen molar-refractivity contribution in [3.8, 4) is 0 Å². The molecule has 0 saturated carbocycles. The number of amidine groups is 2. The average Bonchev–Trinajstić information content (AvgIpc) is 2.87. The molecule has 2 aromatic rings. The van der Waals surface area contributed by atoms with E-state index >= 15 is 0 Å². The molecule has 2 aliphatic heterocycles. The number of aliphatic imine (C=N–C) groups is 2. The van der Waals surface area contributed by atoms with E-state index in [1.165, 1.54) is 0 Å². The fraction of sp³-hybridized carbons (Fsp3) is 0.300. The average molecular weight is 559 g/mol. The molecule has 0 amide bonds. The second-order valence-corrected chi connectivity index (χ2v) is 9.89. The van der Waals surface area contributed by atoms with Crippen molar-refractivity contribution >= 4 is 43.7 Å². The maximum atomic E-state index is 10.5. The van der Waals surface area contributed by atoms with Crippen LogP contribution >= 0.6 is 0 Å². The minimum Gasteiger partial charge on any atom is -0.412 e. The van der Waals surface area contributed by atoms with Crippen molar-refractivity contribution in [2.75, 3.05) is 37.0 Å². The molecule has 0 aromatic heterocycles. The van der Waals surface area contributed by atoms with Crippen molar-refractivity contribution in [3.05, 3.63) is 59.7 Å². The van der Waals surface area contributed by atoms with Gasteiger partial charge in [-0.1, -0.05) is 0 Å². The summed E-state index contributed by atoms with van der Waals surface area (Å²) < 4.78 is 58.9. The molecule has 0 atom stereocenters. The van der Waals surface area contributed by atoms with Crippen LogP contribution in [-0.4, -0.2) is 69.3 Å². The van der Waals surface area contributed by atoms with Crippen LogP contribution in [0.25, 0.3) is 0 Å². The smallest absolute Gasteiger partial charge is 0.350 e. The van der Waals surface area contributed by atoms with Crippen molar-refractivity contribution < 1.29 is 31.4 Å². The molecule has 0 bridgehead atoms. The predicted octanol–water partition coefficient (Wildman–Crippen LogP) is -0.533. The lowest BCUT2D eigenvalue weighted by atomic mass is 10.1. The third-order valence-electron chi connectivity index (χ3n) is 4.76. The van der Waals surface area contributed by atoms with Crippen molar-refractivity contribution in [2.24, 2.45) is 9.98 Å². The number of rotatable bonds is 8. The normalized spacial score (nSPS) is 15.3. The third kappa shape index (κ3) is 11.1. The fourth-order valence-electron chi connectivity index (χ4n) is 3.12. The molecule has 0 radical (unpaired) electrons. The number of hydrazine groups is 2. The van der Waals surface area contributed by atoms with E-state index in [2.05, 4.69) is 31.5 Å². The fourth-order valence-corrected chi connectivity index (χ4v) is 3.62. The van der Waals surface area contributed by atoms with Gasteiger partial charge in [-0.05, 0) is 61.4 Å². The SMILES string of the molecule is O.O=S(=O)(O)NNc1ccc(C2=NCCCN2)cc1.O=S(=O)(O)NNc1ccc(C2=NCCCN2)cc1. The number of anilines is 2. The van der Waals surface area contributed by atoms with Gasteiger partial charge in [0.05, 0.1) is 0 Å². The molecule has 2 aromatic carbocycles. The first kappa shape index (κ1) is 29.9. The zero-order valence-corrected chi connectivity index (χ0v) is 21.2. The largest absolute Gasteiger partial charge is 0.412 e. The quantitative estimate of drug-likeness (QED) is 0.152. The molecule has 10 N–H and O–H groups in total. The van der Waals surface area contributed by atoms with E-state index in [4.69, 9.17) is 9.11 Å². The number of hydrogen-bond acceptors (Lipinski definition) is 10. The zero-order chi connectivity index (χ0) is 26.0. The second-order valence-electron chi connectivity index (χ2n) is 7.58. The second kappa shape index (κ2) is 13.8. The molecule has 0 fully saturated rings. The van der Waals surface area contributed by atoms with Gasteiger partial charge in [-0.25, -0.2) is 0 Å². The highest BCUT2D eigenvalue weighted by Gasteiger charge is 2.08. The summed E-state index contributed by atoms with van der Waals surface area (Å²) in [5.74, 6) is 1.69. The molecule has 204 valence electrons. The van der Waals surface area contributed by atoms with Gasteiger partial charge < -0.3 is 27.0 Å². The summed E-state index contributed by atoms with van der Waals surface area (Å²) in [6.45, 7) is 3.44. The standard InChI is InChI=1S/2C10H14N4O3S.H2O/c2*15-18(16,17)14-13-9-4-2-8(3-5-9)10-11-6-1-7-12-10;/h2*2-5,13-14H,1,6-7H2,(H,11,12)(H,15,16,17);1H2. The van der Waals surface area contributed by atoms with Gasteiger partial charge in [0.1, 0.15) is 11.7 Å². The summed E-state index contributed by atoms with van der Waals surface area (Å²) in [7, 11) is -8.50. The molecular formula is C20H30N8O7S2. The van der Waals surface area contributed by atoms with Crippen LogP contribution in [-0.2, 0) is 20.6 Å². The molecule has 17 heteroatoms. The maximum absolute atomic E-state index is 10.5. The Balaban J connectivity index is 0.000000253. The van der Waals surface area contributed by atoms with Gasteiger partial charge >= 0.3 is 20.6 Å². The van der Waals surface area contributed by atoms with Crippen LogP contribution in [0.2, 0.25) is 0 Å². The minimum absolute atomic E-state index is 0. The topological polar surface area (TPSA) is 237 Å². The van der Waals surface area contributed by atoms with E-state index in [1.54, 1.807) is 33.9 Å². The summed E-state index contributed by atoms with van der Waals surface area (Å²) >= 11 is 0. The molecule has 2 aliphatic rings. The van der Waals surface area contributed by atoms with Crippen molar-refractivity contribution in [1.82, 2.24) is 20.3 Å². The van der Waals surface area contributed by atoms with Crippen molar-refractivity contribution in [3.63, 3.8) is 0 Å². The van der Waals surface area contributed by atoms with E-state index in [0.29, 0.717) is 11.4 Å². The predicted molar refractivity (Wildman–Crippen MR) is 141 cm³/mol. The molecule has 0 saturated heterocycles. The number of nitrogens with one attached hydrogen (secondary N) is 6. The number of hydrogen-bond donors (Lipinski definition) is 8. The highest BCUT2D eigenvalue weighted by Crippen LogP contribution is 2.11. The molecule has 37 heavy (non-hydrogen) atoms. The van der Waals surface area contributed by atoms with Crippen molar-refractivity contribution in [2.45, 2.75) is 12.8 Å². The molecule has 4 rings (SSSR count). The van der Waals surface area contributed by atoms with E-state index in [9.17, 15) is 16.8 Å². The van der Waals surface area contributed by atoms with E-state index in [1.807, 2.05) is 24.3 Å². The maximum Gasteiger partial charge on any atom is 0.350 e. The van der Waals surface area contributed by atoms with Gasteiger partial charge in [0.25, 0.3) is 0 Å².